The van der Waals surface area contributed by atoms with Crippen molar-refractivity contribution in [2.24, 2.45) is 52.3 Å². The molecule has 0 aromatic heterocycles. The average molecular weight is 405 g/mol. The normalized spacial score (nSPS) is 50.7. The highest BCUT2D eigenvalue weighted by Crippen LogP contribution is 2.68. The molecule has 0 aliphatic heterocycles. The zero-order valence-electron chi connectivity index (χ0n) is 19.9. The van der Waals surface area contributed by atoms with Crippen molar-refractivity contribution in [3.8, 4) is 0 Å². The summed E-state index contributed by atoms with van der Waals surface area (Å²) in [4.78, 5) is 0. The van der Waals surface area contributed by atoms with Crippen LogP contribution in [0.2, 0.25) is 0 Å². The van der Waals surface area contributed by atoms with Gasteiger partial charge in [0.15, 0.2) is 0 Å². The summed E-state index contributed by atoms with van der Waals surface area (Å²) in [5, 5.41) is 21.6. The molecule has 4 saturated carbocycles. The summed E-state index contributed by atoms with van der Waals surface area (Å²) >= 11 is 0. The Morgan fingerprint density at radius 1 is 0.862 bits per heavy atom. The minimum Gasteiger partial charge on any atom is -0.393 e. The highest BCUT2D eigenvalue weighted by Gasteiger charge is 2.63. The molecule has 0 aromatic rings. The molecular weight excluding hydrogens is 356 g/mol. The predicted molar refractivity (Wildman–Crippen MR) is 120 cm³/mol. The Morgan fingerprint density at radius 2 is 1.59 bits per heavy atom. The molecule has 0 saturated heterocycles. The lowest BCUT2D eigenvalue weighted by molar-refractivity contribution is -0.142. The molecule has 10 atom stereocenters. The molecule has 4 aliphatic carbocycles. The third-order valence-corrected chi connectivity index (χ3v) is 10.8. The van der Waals surface area contributed by atoms with Gasteiger partial charge in [-0.3, -0.25) is 0 Å². The Bertz CT molecular complexity index is 573. The smallest absolute Gasteiger partial charge is 0.0579 e. The van der Waals surface area contributed by atoms with Crippen molar-refractivity contribution in [1.29, 1.82) is 0 Å². The lowest BCUT2D eigenvalue weighted by Crippen LogP contribution is -2.55. The summed E-state index contributed by atoms with van der Waals surface area (Å²) in [7, 11) is 0. The largest absolute Gasteiger partial charge is 0.393 e. The van der Waals surface area contributed by atoms with Gasteiger partial charge in [-0.15, -0.1) is 0 Å². The van der Waals surface area contributed by atoms with E-state index in [-0.39, 0.29) is 12.2 Å². The summed E-state index contributed by atoms with van der Waals surface area (Å²) in [6, 6.07) is 0. The number of rotatable bonds is 5. The average Bonchev–Trinajstić information content (AvgIpc) is 2.93. The lowest BCUT2D eigenvalue weighted by atomic mass is 9.44. The summed E-state index contributed by atoms with van der Waals surface area (Å²) in [5.41, 5.74) is 0.749. The molecular formula is C27H48O2. The standard InChI is InChI=1S/C27H48O2/c1-17(2)7-6-8-18(3)23-16-24(29)25-21-10-9-19-15-20(28)11-13-26(19,4)22(21)12-14-27(23,25)5/h17-25,28-29H,6-16H2,1-5H3/t18-,19+,20?,21-,22+,23-,24-,25-,26+,27-/m1/s1. The van der Waals surface area contributed by atoms with Crippen molar-refractivity contribution in [2.45, 2.75) is 117 Å². The van der Waals surface area contributed by atoms with E-state index < -0.39 is 0 Å². The molecule has 2 heteroatoms. The predicted octanol–water partition coefficient (Wildman–Crippen LogP) is 6.44. The minimum absolute atomic E-state index is 0.0633. The maximum absolute atomic E-state index is 11.3. The van der Waals surface area contributed by atoms with Crippen LogP contribution in [0.1, 0.15) is 105 Å². The summed E-state index contributed by atoms with van der Waals surface area (Å²) in [6.45, 7) is 12.3. The molecule has 0 radical (unpaired) electrons. The number of hydrogen-bond acceptors (Lipinski definition) is 2. The topological polar surface area (TPSA) is 40.5 Å². The number of hydrogen-bond donors (Lipinski definition) is 2. The zero-order valence-corrected chi connectivity index (χ0v) is 19.9. The number of aliphatic hydroxyl groups excluding tert-OH is 2. The van der Waals surface area contributed by atoms with Crippen LogP contribution in [-0.2, 0) is 0 Å². The van der Waals surface area contributed by atoms with Crippen molar-refractivity contribution in [1.82, 2.24) is 0 Å². The second-order valence-electron chi connectivity index (χ2n) is 12.8. The second-order valence-corrected chi connectivity index (χ2v) is 12.8. The highest BCUT2D eigenvalue weighted by atomic mass is 16.3. The Balaban J connectivity index is 1.51. The monoisotopic (exact) mass is 404 g/mol. The molecule has 4 aliphatic rings. The second kappa shape index (κ2) is 8.12. The van der Waals surface area contributed by atoms with Crippen molar-refractivity contribution >= 4 is 0 Å². The van der Waals surface area contributed by atoms with Gasteiger partial charge in [0.1, 0.15) is 0 Å². The van der Waals surface area contributed by atoms with Crippen LogP contribution in [0.5, 0.6) is 0 Å². The molecule has 1 unspecified atom stereocenters. The van der Waals surface area contributed by atoms with E-state index >= 15 is 0 Å². The molecule has 0 spiro atoms. The van der Waals surface area contributed by atoms with E-state index in [4.69, 9.17) is 0 Å². The Labute approximate surface area is 180 Å². The van der Waals surface area contributed by atoms with Gasteiger partial charge < -0.3 is 10.2 Å². The van der Waals surface area contributed by atoms with Gasteiger partial charge in [-0.2, -0.15) is 0 Å². The van der Waals surface area contributed by atoms with Crippen LogP contribution in [0.15, 0.2) is 0 Å². The van der Waals surface area contributed by atoms with Gasteiger partial charge in [-0.25, -0.2) is 0 Å². The summed E-state index contributed by atoms with van der Waals surface area (Å²) in [6.07, 6.45) is 13.4. The summed E-state index contributed by atoms with van der Waals surface area (Å²) < 4.78 is 0. The Morgan fingerprint density at radius 3 is 2.31 bits per heavy atom. The van der Waals surface area contributed by atoms with Gasteiger partial charge in [0.05, 0.1) is 12.2 Å². The maximum atomic E-state index is 11.3. The highest BCUT2D eigenvalue weighted by molar-refractivity contribution is 5.12. The first-order chi connectivity index (χ1) is 13.7. The number of aliphatic hydroxyl groups is 2. The third kappa shape index (κ3) is 3.73. The van der Waals surface area contributed by atoms with Gasteiger partial charge in [-0.05, 0) is 104 Å². The van der Waals surface area contributed by atoms with E-state index in [9.17, 15) is 10.2 Å². The fraction of sp³-hybridized carbons (Fsp3) is 1.00. The first kappa shape index (κ1) is 22.1. The Kier molecular flexibility index (Phi) is 6.19. The molecule has 0 amide bonds. The van der Waals surface area contributed by atoms with Gasteiger partial charge in [0.25, 0.3) is 0 Å². The maximum Gasteiger partial charge on any atom is 0.0579 e. The zero-order chi connectivity index (χ0) is 21.0. The molecule has 2 nitrogen and oxygen atoms in total. The molecule has 4 rings (SSSR count). The Hall–Kier alpha value is -0.0800. The molecule has 0 aromatic carbocycles. The fourth-order valence-corrected chi connectivity index (χ4v) is 9.28. The molecule has 168 valence electrons. The fourth-order valence-electron chi connectivity index (χ4n) is 9.28. The van der Waals surface area contributed by atoms with Crippen LogP contribution in [-0.4, -0.2) is 22.4 Å². The number of fused-ring (bicyclic) bond motifs is 5. The van der Waals surface area contributed by atoms with E-state index in [2.05, 4.69) is 34.6 Å². The molecule has 0 heterocycles. The van der Waals surface area contributed by atoms with E-state index in [1.807, 2.05) is 0 Å². The first-order valence-corrected chi connectivity index (χ1v) is 13.0. The van der Waals surface area contributed by atoms with Crippen molar-refractivity contribution in [2.75, 3.05) is 0 Å². The van der Waals surface area contributed by atoms with Gasteiger partial charge in [-0.1, -0.05) is 53.9 Å². The first-order valence-electron chi connectivity index (χ1n) is 13.0. The van der Waals surface area contributed by atoms with E-state index in [0.717, 1.165) is 37.0 Å². The molecule has 2 N–H and O–H groups in total. The van der Waals surface area contributed by atoms with Crippen LogP contribution in [0.3, 0.4) is 0 Å². The third-order valence-electron chi connectivity index (χ3n) is 10.8. The van der Waals surface area contributed by atoms with Gasteiger partial charge >= 0.3 is 0 Å². The van der Waals surface area contributed by atoms with E-state index in [1.165, 1.54) is 51.4 Å². The SMILES string of the molecule is CC(C)CCC[C@@H](C)[C@H]1C[C@@H](O)[C@H]2[C@@H]3CC[C@H]4CC(O)CC[C@]4(C)[C@H]3CC[C@@]21C. The minimum atomic E-state index is -0.0836. The van der Waals surface area contributed by atoms with Crippen LogP contribution < -0.4 is 0 Å². The molecule has 0 bridgehead atoms. The van der Waals surface area contributed by atoms with Crippen LogP contribution in [0.4, 0.5) is 0 Å². The molecule has 29 heavy (non-hydrogen) atoms. The van der Waals surface area contributed by atoms with Crippen LogP contribution in [0, 0.1) is 52.3 Å². The van der Waals surface area contributed by atoms with E-state index in [1.54, 1.807) is 0 Å². The van der Waals surface area contributed by atoms with Crippen molar-refractivity contribution < 1.29 is 10.2 Å². The van der Waals surface area contributed by atoms with Gasteiger partial charge in [0, 0.05) is 0 Å². The van der Waals surface area contributed by atoms with Crippen molar-refractivity contribution in [3.05, 3.63) is 0 Å². The lowest BCUT2D eigenvalue weighted by Gasteiger charge is -2.61. The van der Waals surface area contributed by atoms with Gasteiger partial charge in [0.2, 0.25) is 0 Å². The molecule has 4 fully saturated rings. The van der Waals surface area contributed by atoms with E-state index in [0.29, 0.717) is 34.5 Å². The van der Waals surface area contributed by atoms with Crippen LogP contribution in [0.25, 0.3) is 0 Å². The van der Waals surface area contributed by atoms with Crippen molar-refractivity contribution in [3.63, 3.8) is 0 Å². The summed E-state index contributed by atoms with van der Waals surface area (Å²) in [5.74, 6) is 4.97. The van der Waals surface area contributed by atoms with Crippen LogP contribution >= 0.6 is 0 Å². The quantitative estimate of drug-likeness (QED) is 0.553.